The number of nitrogens with zero attached hydrogens (tertiary/aromatic N) is 4. The number of likely N-dealkylation sites (tertiary alicyclic amines) is 1. The van der Waals surface area contributed by atoms with E-state index < -0.39 is 24.3 Å². The van der Waals surface area contributed by atoms with Crippen molar-refractivity contribution in [1.82, 2.24) is 19.8 Å². The number of rotatable bonds is 4. The number of halogens is 6. The van der Waals surface area contributed by atoms with Crippen molar-refractivity contribution in [2.24, 2.45) is 0 Å². The Hall–Kier alpha value is -3.79. The van der Waals surface area contributed by atoms with Crippen LogP contribution in [-0.4, -0.2) is 92.0 Å². The van der Waals surface area contributed by atoms with Crippen LogP contribution in [0.15, 0.2) is 42.7 Å². The number of pyridine rings is 2. The van der Waals surface area contributed by atoms with Crippen LogP contribution in [0.4, 0.5) is 26.3 Å². The van der Waals surface area contributed by atoms with Gasteiger partial charge in [0.15, 0.2) is 0 Å². The van der Waals surface area contributed by atoms with E-state index in [9.17, 15) is 31.1 Å². The van der Waals surface area contributed by atoms with Crippen LogP contribution >= 0.6 is 0 Å². The van der Waals surface area contributed by atoms with Crippen molar-refractivity contribution in [3.63, 3.8) is 0 Å². The molecule has 41 heavy (non-hydrogen) atoms. The van der Waals surface area contributed by atoms with Gasteiger partial charge in [-0.25, -0.2) is 9.59 Å². The Morgan fingerprint density at radius 3 is 2.05 bits per heavy atom. The summed E-state index contributed by atoms with van der Waals surface area (Å²) >= 11 is 0. The lowest BCUT2D eigenvalue weighted by Gasteiger charge is -2.47. The molecule has 2 aromatic heterocycles. The Labute approximate surface area is 230 Å². The highest BCUT2D eigenvalue weighted by Gasteiger charge is 2.42. The van der Waals surface area contributed by atoms with Gasteiger partial charge >= 0.3 is 24.3 Å². The molecule has 0 aromatic carbocycles. The number of carboxylic acid groups (broad SMARTS) is 2. The molecule has 0 radical (unpaired) electrons. The summed E-state index contributed by atoms with van der Waals surface area (Å²) in [5.74, 6) is -5.46. The summed E-state index contributed by atoms with van der Waals surface area (Å²) < 4.78 is 69.5. The predicted molar refractivity (Wildman–Crippen MR) is 129 cm³/mol. The number of hydrogen-bond donors (Lipinski definition) is 2. The van der Waals surface area contributed by atoms with Crippen LogP contribution in [-0.2, 0) is 32.2 Å². The Morgan fingerprint density at radius 2 is 1.56 bits per heavy atom. The molecule has 0 bridgehead atoms. The largest absolute Gasteiger partial charge is 0.490 e. The molecule has 2 aromatic rings. The van der Waals surface area contributed by atoms with E-state index in [-0.39, 0.29) is 18.1 Å². The van der Waals surface area contributed by atoms with Crippen molar-refractivity contribution in [3.8, 4) is 0 Å². The third-order valence-electron chi connectivity index (χ3n) is 6.01. The second-order valence-corrected chi connectivity index (χ2v) is 9.24. The molecule has 2 saturated heterocycles. The van der Waals surface area contributed by atoms with Gasteiger partial charge in [-0.3, -0.25) is 19.7 Å². The van der Waals surface area contributed by atoms with Crippen LogP contribution in [0.5, 0.6) is 0 Å². The van der Waals surface area contributed by atoms with E-state index in [1.165, 1.54) is 5.56 Å². The lowest BCUT2D eigenvalue weighted by atomic mass is 9.89. The van der Waals surface area contributed by atoms with Gasteiger partial charge in [0.1, 0.15) is 6.61 Å². The van der Waals surface area contributed by atoms with Gasteiger partial charge in [-0.2, -0.15) is 26.3 Å². The third kappa shape index (κ3) is 11.3. The Balaban J connectivity index is 0.000000349. The third-order valence-corrected chi connectivity index (χ3v) is 6.01. The molecule has 2 fully saturated rings. The highest BCUT2D eigenvalue weighted by Crippen LogP contribution is 2.31. The first-order valence-electron chi connectivity index (χ1n) is 12.1. The van der Waals surface area contributed by atoms with Crippen molar-refractivity contribution < 1.29 is 55.7 Å². The van der Waals surface area contributed by atoms with E-state index >= 15 is 0 Å². The van der Waals surface area contributed by atoms with Gasteiger partial charge in [-0.05, 0) is 43.5 Å². The highest BCUT2D eigenvalue weighted by molar-refractivity contribution is 5.78. The summed E-state index contributed by atoms with van der Waals surface area (Å²) in [5.41, 5.74) is 2.93. The molecule has 1 amide bonds. The van der Waals surface area contributed by atoms with Crippen molar-refractivity contribution in [2.45, 2.75) is 50.8 Å². The summed E-state index contributed by atoms with van der Waals surface area (Å²) in [6.45, 7) is 6.23. The number of hydrogen-bond acceptors (Lipinski definition) is 7. The van der Waals surface area contributed by atoms with Gasteiger partial charge in [0.25, 0.3) is 0 Å². The maximum atomic E-state index is 12.4. The molecule has 1 spiro atoms. The fraction of sp³-hybridized carbons (Fsp3) is 0.480. The number of aryl methyl sites for hydroxylation is 1. The van der Waals surface area contributed by atoms with E-state index in [2.05, 4.69) is 20.9 Å². The first-order chi connectivity index (χ1) is 19.0. The number of aliphatic carboxylic acids is 2. The second-order valence-electron chi connectivity index (χ2n) is 9.24. The van der Waals surface area contributed by atoms with Crippen molar-refractivity contribution in [2.75, 3.05) is 26.2 Å². The minimum absolute atomic E-state index is 0.0571. The molecule has 0 unspecified atom stereocenters. The zero-order chi connectivity index (χ0) is 30.8. The molecule has 4 rings (SSSR count). The Morgan fingerprint density at radius 1 is 0.976 bits per heavy atom. The number of carbonyl (C=O) groups is 3. The molecule has 4 heterocycles. The fourth-order valence-electron chi connectivity index (χ4n) is 3.99. The number of morpholine rings is 1. The molecule has 2 aliphatic heterocycles. The topological polar surface area (TPSA) is 133 Å². The van der Waals surface area contributed by atoms with Crippen molar-refractivity contribution in [1.29, 1.82) is 0 Å². The Kier molecular flexibility index (Phi) is 11.6. The minimum Gasteiger partial charge on any atom is -0.475 e. The standard InChI is InChI=1S/C21H26N4O2.2C2HF3O2/c1-17-4-2-6-19(23-17)14-25-16-21(27-15-20(25)26)7-10-24(11-8-21)13-18-5-3-9-22-12-18;2*3-2(4,5)1(6)7/h2-6,9,12H,7-8,10-11,13-16H2,1H3;2*(H,6,7). The summed E-state index contributed by atoms with van der Waals surface area (Å²) in [6, 6.07) is 10.1. The van der Waals surface area contributed by atoms with Gasteiger partial charge < -0.3 is 19.8 Å². The molecular formula is C25H28F6N4O6. The molecule has 0 saturated carbocycles. The normalized spacial score (nSPS) is 17.1. The monoisotopic (exact) mass is 594 g/mol. The van der Waals surface area contributed by atoms with Gasteiger partial charge in [0.05, 0.1) is 24.4 Å². The number of amides is 1. The number of carbonyl (C=O) groups excluding carboxylic acids is 1. The Bertz CT molecular complexity index is 1150. The molecular weight excluding hydrogens is 566 g/mol. The summed E-state index contributed by atoms with van der Waals surface area (Å²) in [5, 5.41) is 14.2. The van der Waals surface area contributed by atoms with Crippen LogP contribution < -0.4 is 0 Å². The smallest absolute Gasteiger partial charge is 0.475 e. The lowest BCUT2D eigenvalue weighted by molar-refractivity contribution is -0.193. The molecule has 226 valence electrons. The van der Waals surface area contributed by atoms with Crippen LogP contribution in [0.1, 0.15) is 29.8 Å². The van der Waals surface area contributed by atoms with Crippen LogP contribution in [0.2, 0.25) is 0 Å². The maximum absolute atomic E-state index is 12.4. The van der Waals surface area contributed by atoms with Crippen LogP contribution in [0.3, 0.4) is 0 Å². The van der Waals surface area contributed by atoms with Gasteiger partial charge in [-0.15, -0.1) is 0 Å². The van der Waals surface area contributed by atoms with E-state index in [4.69, 9.17) is 24.5 Å². The number of ether oxygens (including phenoxy) is 1. The zero-order valence-corrected chi connectivity index (χ0v) is 21.8. The first kappa shape index (κ1) is 33.4. The average molecular weight is 595 g/mol. The summed E-state index contributed by atoms with van der Waals surface area (Å²) in [7, 11) is 0. The zero-order valence-electron chi connectivity index (χ0n) is 21.8. The fourth-order valence-corrected chi connectivity index (χ4v) is 3.99. The second kappa shape index (κ2) is 14.2. The van der Waals surface area contributed by atoms with E-state index in [0.29, 0.717) is 13.1 Å². The quantitative estimate of drug-likeness (QED) is 0.511. The average Bonchev–Trinajstić information content (AvgIpc) is 2.88. The van der Waals surface area contributed by atoms with E-state index in [0.717, 1.165) is 43.9 Å². The molecule has 0 atom stereocenters. The first-order valence-corrected chi connectivity index (χ1v) is 12.1. The van der Waals surface area contributed by atoms with Crippen LogP contribution in [0.25, 0.3) is 0 Å². The number of carboxylic acids is 2. The van der Waals surface area contributed by atoms with Crippen LogP contribution in [0, 0.1) is 6.92 Å². The van der Waals surface area contributed by atoms with Gasteiger partial charge in [-0.1, -0.05) is 12.1 Å². The van der Waals surface area contributed by atoms with E-state index in [1.807, 2.05) is 42.3 Å². The van der Waals surface area contributed by atoms with E-state index in [1.54, 1.807) is 6.20 Å². The summed E-state index contributed by atoms with van der Waals surface area (Å²) in [6.07, 6.45) is -4.55. The highest BCUT2D eigenvalue weighted by atomic mass is 19.4. The SMILES string of the molecule is Cc1cccc(CN2CC3(CCN(Cc4cccnc4)CC3)OCC2=O)n1.O=C(O)C(F)(F)F.O=C(O)C(F)(F)F. The molecule has 0 aliphatic carbocycles. The molecule has 2 aliphatic rings. The maximum Gasteiger partial charge on any atom is 0.490 e. The van der Waals surface area contributed by atoms with Crippen molar-refractivity contribution in [3.05, 3.63) is 59.7 Å². The van der Waals surface area contributed by atoms with Crippen molar-refractivity contribution >= 4 is 17.8 Å². The minimum atomic E-state index is -5.08. The molecule has 10 nitrogen and oxygen atoms in total. The molecule has 16 heteroatoms. The molecule has 2 N–H and O–H groups in total. The van der Waals surface area contributed by atoms with Gasteiger partial charge in [0, 0.05) is 37.7 Å². The number of aromatic nitrogens is 2. The lowest BCUT2D eigenvalue weighted by Crippen LogP contribution is -2.58. The van der Waals surface area contributed by atoms with Gasteiger partial charge in [0.2, 0.25) is 5.91 Å². The summed E-state index contributed by atoms with van der Waals surface area (Å²) in [4.78, 5) is 43.3. The number of alkyl halides is 6. The predicted octanol–water partition coefficient (Wildman–Crippen LogP) is 3.45. The number of piperidine rings is 1.